The van der Waals surface area contributed by atoms with Gasteiger partial charge in [-0.2, -0.15) is 0 Å². The number of benzene rings is 2. The Morgan fingerprint density at radius 3 is 1.52 bits per heavy atom. The molecule has 2 aromatic rings. The molecule has 0 fully saturated rings. The van der Waals surface area contributed by atoms with E-state index in [0.29, 0.717) is 12.8 Å². The lowest BCUT2D eigenvalue weighted by atomic mass is 10.1. The summed E-state index contributed by atoms with van der Waals surface area (Å²) in [6.07, 6.45) is 1.36. The molecule has 0 aliphatic carbocycles. The molecule has 2 aromatic carbocycles. The van der Waals surface area contributed by atoms with Crippen molar-refractivity contribution in [3.8, 4) is 0 Å². The van der Waals surface area contributed by atoms with Crippen LogP contribution in [0.1, 0.15) is 25.0 Å². The number of nitro benzene ring substituents is 2. The van der Waals surface area contributed by atoms with Crippen LogP contribution < -0.4 is 0 Å². The van der Waals surface area contributed by atoms with Gasteiger partial charge in [0.2, 0.25) is 0 Å². The number of nitro groups is 2. The third-order valence-corrected chi connectivity index (χ3v) is 4.73. The lowest BCUT2D eigenvalue weighted by Crippen LogP contribution is -1.94. The third kappa shape index (κ3) is 3.87. The van der Waals surface area contributed by atoms with E-state index in [9.17, 15) is 20.2 Å². The van der Waals surface area contributed by atoms with Gasteiger partial charge in [-0.1, -0.05) is 25.6 Å². The molecule has 7 heteroatoms. The predicted octanol–water partition coefficient (Wildman–Crippen LogP) is 4.78. The summed E-state index contributed by atoms with van der Waals surface area (Å²) in [6.45, 7) is 3.89. The van der Waals surface area contributed by atoms with Gasteiger partial charge in [0.1, 0.15) is 0 Å². The van der Waals surface area contributed by atoms with Crippen molar-refractivity contribution in [2.24, 2.45) is 0 Å². The second-order valence-corrected chi connectivity index (χ2v) is 5.99. The number of nitrogens with zero attached hydrogens (tertiary/aromatic N) is 2. The highest BCUT2D eigenvalue weighted by Crippen LogP contribution is 2.36. The van der Waals surface area contributed by atoms with Crippen LogP contribution in [-0.2, 0) is 12.8 Å². The van der Waals surface area contributed by atoms with Crippen molar-refractivity contribution in [1.29, 1.82) is 0 Å². The van der Waals surface area contributed by atoms with Gasteiger partial charge in [-0.3, -0.25) is 20.2 Å². The fourth-order valence-corrected chi connectivity index (χ4v) is 3.41. The van der Waals surface area contributed by atoms with E-state index in [0.717, 1.165) is 20.9 Å². The Kier molecular flexibility index (Phi) is 5.33. The minimum atomic E-state index is -0.406. The Bertz CT molecular complexity index is 698. The molecule has 0 unspecified atom stereocenters. The summed E-state index contributed by atoms with van der Waals surface area (Å²) in [6, 6.07) is 9.61. The summed E-state index contributed by atoms with van der Waals surface area (Å²) in [5, 5.41) is 21.8. The summed E-state index contributed by atoms with van der Waals surface area (Å²) >= 11 is 1.49. The Balaban J connectivity index is 2.39. The van der Waals surface area contributed by atoms with Gasteiger partial charge in [0, 0.05) is 34.1 Å². The number of aryl methyl sites for hydroxylation is 2. The predicted molar refractivity (Wildman–Crippen MR) is 89.1 cm³/mol. The molecule has 23 heavy (non-hydrogen) atoms. The van der Waals surface area contributed by atoms with Crippen LogP contribution in [0.3, 0.4) is 0 Å². The molecule has 0 radical (unpaired) electrons. The molecule has 0 aromatic heterocycles. The normalized spacial score (nSPS) is 10.5. The fraction of sp³-hybridized carbons (Fsp3) is 0.250. The molecule has 6 nitrogen and oxygen atoms in total. The Labute approximate surface area is 137 Å². The van der Waals surface area contributed by atoms with Crippen LogP contribution in [0.4, 0.5) is 11.4 Å². The van der Waals surface area contributed by atoms with E-state index in [1.54, 1.807) is 24.3 Å². The first-order chi connectivity index (χ1) is 11.0. The second-order valence-electron chi connectivity index (χ2n) is 4.91. The van der Waals surface area contributed by atoms with Gasteiger partial charge in [-0.15, -0.1) is 0 Å². The summed E-state index contributed by atoms with van der Waals surface area (Å²) in [7, 11) is 0. The van der Waals surface area contributed by atoms with E-state index in [4.69, 9.17) is 0 Å². The van der Waals surface area contributed by atoms with Crippen LogP contribution in [0.5, 0.6) is 0 Å². The zero-order valence-electron chi connectivity index (χ0n) is 12.8. The number of hydrogen-bond donors (Lipinski definition) is 0. The summed E-state index contributed by atoms with van der Waals surface area (Å²) in [5.74, 6) is 0. The molecule has 0 aliphatic heterocycles. The molecule has 0 N–H and O–H groups in total. The fourth-order valence-electron chi connectivity index (χ4n) is 2.23. The topological polar surface area (TPSA) is 86.3 Å². The minimum Gasteiger partial charge on any atom is -0.258 e. The first-order valence-corrected chi connectivity index (χ1v) is 8.00. The van der Waals surface area contributed by atoms with Crippen LogP contribution in [0, 0.1) is 20.2 Å². The summed E-state index contributed by atoms with van der Waals surface area (Å²) in [5.41, 5.74) is 1.94. The Hall–Kier alpha value is -2.41. The maximum absolute atomic E-state index is 10.9. The van der Waals surface area contributed by atoms with Gasteiger partial charge < -0.3 is 0 Å². The van der Waals surface area contributed by atoms with Crippen molar-refractivity contribution in [3.05, 3.63) is 67.8 Å². The molecule has 0 aliphatic rings. The maximum atomic E-state index is 10.9. The quantitative estimate of drug-likeness (QED) is 0.561. The first-order valence-electron chi connectivity index (χ1n) is 7.18. The average Bonchev–Trinajstić information content (AvgIpc) is 2.55. The second kappa shape index (κ2) is 7.23. The van der Waals surface area contributed by atoms with Gasteiger partial charge in [-0.25, -0.2) is 0 Å². The summed E-state index contributed by atoms with van der Waals surface area (Å²) in [4.78, 5) is 22.8. The third-order valence-electron chi connectivity index (χ3n) is 3.49. The molecule has 0 atom stereocenters. The first kappa shape index (κ1) is 17.0. The molecule has 0 spiro atoms. The highest BCUT2D eigenvalue weighted by molar-refractivity contribution is 7.99. The van der Waals surface area contributed by atoms with Crippen LogP contribution in [0.25, 0.3) is 0 Å². The SMILES string of the molecule is CCc1cc([N+](=O)[O-])ccc1Sc1ccc([N+](=O)[O-])cc1CC. The molecule has 0 heterocycles. The standard InChI is InChI=1S/C16H16N2O4S/c1-3-11-9-13(17(19)20)5-7-15(11)23-16-8-6-14(18(21)22)10-12(16)4-2/h5-10H,3-4H2,1-2H3. The minimum absolute atomic E-state index is 0.0746. The van der Waals surface area contributed by atoms with Gasteiger partial charge in [0.05, 0.1) is 9.85 Å². The van der Waals surface area contributed by atoms with Crippen molar-refractivity contribution in [2.75, 3.05) is 0 Å². The highest BCUT2D eigenvalue weighted by Gasteiger charge is 2.14. The van der Waals surface area contributed by atoms with Crippen LogP contribution in [0.2, 0.25) is 0 Å². The number of hydrogen-bond acceptors (Lipinski definition) is 5. The van der Waals surface area contributed by atoms with E-state index >= 15 is 0 Å². The molecule has 2 rings (SSSR count). The van der Waals surface area contributed by atoms with Crippen molar-refractivity contribution in [1.82, 2.24) is 0 Å². The van der Waals surface area contributed by atoms with Gasteiger partial charge in [0.15, 0.2) is 0 Å². The molecule has 0 amide bonds. The number of non-ortho nitro benzene ring substituents is 2. The molecule has 0 bridgehead atoms. The van der Waals surface area contributed by atoms with Crippen molar-refractivity contribution in [3.63, 3.8) is 0 Å². The van der Waals surface area contributed by atoms with Crippen molar-refractivity contribution in [2.45, 2.75) is 36.5 Å². The van der Waals surface area contributed by atoms with E-state index in [2.05, 4.69) is 0 Å². The molecule has 0 saturated carbocycles. The number of rotatable bonds is 6. The monoisotopic (exact) mass is 332 g/mol. The van der Waals surface area contributed by atoms with Gasteiger partial charge in [-0.05, 0) is 36.1 Å². The molecule has 0 saturated heterocycles. The lowest BCUT2D eigenvalue weighted by molar-refractivity contribution is -0.385. The zero-order chi connectivity index (χ0) is 17.0. The highest BCUT2D eigenvalue weighted by atomic mass is 32.2. The van der Waals surface area contributed by atoms with Crippen molar-refractivity contribution < 1.29 is 9.85 Å². The molecule has 120 valence electrons. The summed E-state index contributed by atoms with van der Waals surface area (Å²) < 4.78 is 0. The van der Waals surface area contributed by atoms with Gasteiger partial charge in [0.25, 0.3) is 11.4 Å². The Morgan fingerprint density at radius 2 is 1.22 bits per heavy atom. The maximum Gasteiger partial charge on any atom is 0.269 e. The molecular formula is C16H16N2O4S. The van der Waals surface area contributed by atoms with Crippen molar-refractivity contribution >= 4 is 23.1 Å². The Morgan fingerprint density at radius 1 is 0.826 bits per heavy atom. The van der Waals surface area contributed by atoms with Crippen LogP contribution >= 0.6 is 11.8 Å². The zero-order valence-corrected chi connectivity index (χ0v) is 13.6. The van der Waals surface area contributed by atoms with Gasteiger partial charge >= 0.3 is 0 Å². The van der Waals surface area contributed by atoms with E-state index in [1.807, 2.05) is 13.8 Å². The van der Waals surface area contributed by atoms with E-state index in [-0.39, 0.29) is 11.4 Å². The smallest absolute Gasteiger partial charge is 0.258 e. The van der Waals surface area contributed by atoms with E-state index in [1.165, 1.54) is 23.9 Å². The van der Waals surface area contributed by atoms with Crippen LogP contribution in [0.15, 0.2) is 46.2 Å². The largest absolute Gasteiger partial charge is 0.269 e. The van der Waals surface area contributed by atoms with Crippen LogP contribution in [-0.4, -0.2) is 9.85 Å². The molecular weight excluding hydrogens is 316 g/mol. The lowest BCUT2D eigenvalue weighted by Gasteiger charge is -2.10. The average molecular weight is 332 g/mol. The van der Waals surface area contributed by atoms with E-state index < -0.39 is 9.85 Å².